The first-order valence-electron chi connectivity index (χ1n) is 20.2. The van der Waals surface area contributed by atoms with Gasteiger partial charge in [0.1, 0.15) is 25.3 Å². The Hall–Kier alpha value is 1.38. The number of rotatable bonds is 34. The third-order valence-corrected chi connectivity index (χ3v) is 10.2. The van der Waals surface area contributed by atoms with Crippen LogP contribution in [0.3, 0.4) is 0 Å². The Kier molecular flexibility index (Phi) is 48.1. The number of hydrogen-bond donors (Lipinski definition) is 2. The van der Waals surface area contributed by atoms with Crippen LogP contribution in [0.1, 0.15) is 181 Å². The van der Waals surface area contributed by atoms with Crippen LogP contribution >= 0.6 is 23.2 Å². The molecule has 0 aromatic heterocycles. The molecule has 0 amide bonds. The summed E-state index contributed by atoms with van der Waals surface area (Å²) in [6.45, 7) is 8.38. The second kappa shape index (κ2) is 41.1. The summed E-state index contributed by atoms with van der Waals surface area (Å²) in [5.41, 5.74) is 0. The van der Waals surface area contributed by atoms with Crippen LogP contribution in [-0.4, -0.2) is 97.5 Å². The topological polar surface area (TPSA) is 40.5 Å². The average molecular weight is 858 g/mol. The first kappa shape index (κ1) is 56.1. The molecule has 0 saturated carbocycles. The Morgan fingerprint density at radius 3 is 0.750 bits per heavy atom. The predicted octanol–water partition coefficient (Wildman–Crippen LogP) is 5.52. The van der Waals surface area contributed by atoms with Crippen molar-refractivity contribution >= 4 is 23.2 Å². The maximum atomic E-state index is 9.68. The van der Waals surface area contributed by atoms with Gasteiger partial charge in [-0.2, -0.15) is 0 Å². The summed E-state index contributed by atoms with van der Waals surface area (Å²) in [6, 6.07) is 0. The molecule has 0 saturated heterocycles. The zero-order chi connectivity index (χ0) is 34.8. The third-order valence-electron chi connectivity index (χ3n) is 9.50. The van der Waals surface area contributed by atoms with Crippen LogP contribution in [0.2, 0.25) is 0 Å². The summed E-state index contributed by atoms with van der Waals surface area (Å²) in [4.78, 5) is 0. The molecule has 4 nitrogen and oxygen atoms in total. The summed E-state index contributed by atoms with van der Waals surface area (Å²) in [7, 11) is 8.76. The number of nitrogens with zero attached hydrogens (tertiary/aromatic N) is 2. The molecule has 48 heavy (non-hydrogen) atoms. The lowest BCUT2D eigenvalue weighted by molar-refractivity contribution is -0.893. The van der Waals surface area contributed by atoms with Crippen LogP contribution in [-0.2, 0) is 0 Å². The van der Waals surface area contributed by atoms with Gasteiger partial charge in [0.2, 0.25) is 0 Å². The maximum absolute atomic E-state index is 9.68. The van der Waals surface area contributed by atoms with E-state index >= 15 is 0 Å². The van der Waals surface area contributed by atoms with Crippen molar-refractivity contribution in [2.75, 3.05) is 66.1 Å². The van der Waals surface area contributed by atoms with E-state index in [9.17, 15) is 10.2 Å². The van der Waals surface area contributed by atoms with Gasteiger partial charge in [0, 0.05) is 0 Å². The van der Waals surface area contributed by atoms with Gasteiger partial charge in [-0.3, -0.25) is 0 Å². The Labute approximate surface area is 333 Å². The third kappa shape index (κ3) is 45.4. The lowest BCUT2D eigenvalue weighted by Gasteiger charge is -2.31. The number of hydrogen-bond acceptors (Lipinski definition) is 2. The van der Waals surface area contributed by atoms with E-state index < -0.39 is 0 Å². The molecule has 0 fully saturated rings. The molecule has 8 heteroatoms. The molecule has 0 aliphatic carbocycles. The molecule has 2 N–H and O–H groups in total. The highest BCUT2D eigenvalue weighted by Gasteiger charge is 2.20. The number of likely N-dealkylation sites (N-methyl/N-ethyl adjacent to an activating group) is 2. The summed E-state index contributed by atoms with van der Waals surface area (Å²) in [5, 5.41) is 19.3. The standard InChI is InChI=1S/C23H49ClNO.C17H37ClNO.2BrH/c1-4-5-6-7-8-9-10-11-12-13-14-15-16-17-18-19-20-25(2,3)22-23(26)21-24;1-4-5-6-7-8-9-10-11-12-13-14-19(2,3)16-17(20)15-18;;/h23,26H,4-22H2,1-3H3;17,20H,4-16H2,1-3H3;2*1H/q2*+1;;/p-2. The quantitative estimate of drug-likeness (QED) is 0.0510. The van der Waals surface area contributed by atoms with Crippen molar-refractivity contribution in [3.05, 3.63) is 0 Å². The van der Waals surface area contributed by atoms with Crippen LogP contribution in [0, 0.1) is 0 Å². The summed E-state index contributed by atoms with van der Waals surface area (Å²) in [5.74, 6) is 0.695. The zero-order valence-corrected chi connectivity index (χ0v) is 37.8. The molecule has 0 aliphatic rings. The molecule has 2 atom stereocenters. The molecule has 0 aromatic carbocycles. The molecule has 0 heterocycles. The first-order valence-corrected chi connectivity index (χ1v) is 21.2. The summed E-state index contributed by atoms with van der Waals surface area (Å²) < 4.78 is 1.76. The fourth-order valence-electron chi connectivity index (χ4n) is 6.54. The molecular formula is C40H86Br2Cl2N2O2. The van der Waals surface area contributed by atoms with Gasteiger partial charge >= 0.3 is 0 Å². The Bertz CT molecular complexity index is 604. The highest BCUT2D eigenvalue weighted by Crippen LogP contribution is 2.15. The summed E-state index contributed by atoms with van der Waals surface area (Å²) >= 11 is 11.4. The molecule has 2 unspecified atom stereocenters. The lowest BCUT2D eigenvalue weighted by atomic mass is 10.0. The molecular weight excluding hydrogens is 771 g/mol. The number of aliphatic hydroxyl groups excluding tert-OH is 2. The van der Waals surface area contributed by atoms with Gasteiger partial charge in [0.15, 0.2) is 0 Å². The molecule has 0 rings (SSSR count). The SMILES string of the molecule is CCCCCCCCCCCCCCCCCC[N+](C)(C)CC(O)CCl.CCCCCCCCCCCC[N+](C)(C)CC(O)CCl.[Br-].[Br-]. The maximum Gasteiger partial charge on any atom is 0.116 e. The van der Waals surface area contributed by atoms with Gasteiger partial charge in [-0.05, 0) is 25.7 Å². The smallest absolute Gasteiger partial charge is 0.116 e. The Morgan fingerprint density at radius 2 is 0.562 bits per heavy atom. The number of alkyl halides is 2. The van der Waals surface area contributed by atoms with Crippen LogP contribution in [0.15, 0.2) is 0 Å². The van der Waals surface area contributed by atoms with E-state index in [1.165, 1.54) is 167 Å². The fraction of sp³-hybridized carbons (Fsp3) is 1.00. The number of quaternary nitrogens is 2. The highest BCUT2D eigenvalue weighted by molar-refractivity contribution is 6.18. The molecule has 0 aromatic rings. The van der Waals surface area contributed by atoms with Gasteiger partial charge in [-0.1, -0.05) is 155 Å². The van der Waals surface area contributed by atoms with Crippen molar-refractivity contribution in [1.82, 2.24) is 0 Å². The van der Waals surface area contributed by atoms with Crippen LogP contribution in [0.5, 0.6) is 0 Å². The molecule has 296 valence electrons. The van der Waals surface area contributed by atoms with E-state index in [-0.39, 0.29) is 46.2 Å². The molecule has 0 bridgehead atoms. The second-order valence-corrected chi connectivity index (χ2v) is 16.4. The Morgan fingerprint density at radius 1 is 0.375 bits per heavy atom. The van der Waals surface area contributed by atoms with Crippen LogP contribution < -0.4 is 34.0 Å². The van der Waals surface area contributed by atoms with E-state index in [1.807, 2.05) is 0 Å². The van der Waals surface area contributed by atoms with E-state index in [2.05, 4.69) is 42.0 Å². The molecule has 0 radical (unpaired) electrons. The van der Waals surface area contributed by atoms with Crippen LogP contribution in [0.25, 0.3) is 0 Å². The minimum absolute atomic E-state index is 0. The van der Waals surface area contributed by atoms with Crippen molar-refractivity contribution in [2.24, 2.45) is 0 Å². The minimum Gasteiger partial charge on any atom is -1.00 e. The monoisotopic (exact) mass is 854 g/mol. The van der Waals surface area contributed by atoms with E-state index in [0.717, 1.165) is 35.1 Å². The van der Waals surface area contributed by atoms with Gasteiger partial charge in [-0.15, -0.1) is 23.2 Å². The van der Waals surface area contributed by atoms with Gasteiger partial charge in [0.25, 0.3) is 0 Å². The number of halogens is 4. The number of unbranched alkanes of at least 4 members (excludes halogenated alkanes) is 24. The van der Waals surface area contributed by atoms with Gasteiger partial charge < -0.3 is 53.1 Å². The van der Waals surface area contributed by atoms with Gasteiger partial charge in [-0.25, -0.2) is 0 Å². The Balaban J connectivity index is -0.000000399. The van der Waals surface area contributed by atoms with E-state index in [0.29, 0.717) is 11.8 Å². The molecule has 0 spiro atoms. The normalized spacial score (nSPS) is 12.9. The van der Waals surface area contributed by atoms with Crippen molar-refractivity contribution in [3.63, 3.8) is 0 Å². The lowest BCUT2D eigenvalue weighted by Crippen LogP contribution is -3.00. The van der Waals surface area contributed by atoms with E-state index in [1.54, 1.807) is 0 Å². The summed E-state index contributed by atoms with van der Waals surface area (Å²) in [6.07, 6.45) is 35.6. The zero-order valence-electron chi connectivity index (χ0n) is 33.1. The average Bonchev–Trinajstić information content (AvgIpc) is 3.01. The second-order valence-electron chi connectivity index (χ2n) is 15.8. The number of aliphatic hydroxyl groups is 2. The van der Waals surface area contributed by atoms with Crippen LogP contribution in [0.4, 0.5) is 0 Å². The van der Waals surface area contributed by atoms with Crippen molar-refractivity contribution in [2.45, 2.75) is 193 Å². The van der Waals surface area contributed by atoms with Crippen molar-refractivity contribution in [1.29, 1.82) is 0 Å². The van der Waals surface area contributed by atoms with Gasteiger partial charge in [0.05, 0.1) is 53.0 Å². The predicted molar refractivity (Wildman–Crippen MR) is 209 cm³/mol. The fourth-order valence-corrected chi connectivity index (χ4v) is 6.73. The first-order chi connectivity index (χ1) is 22.0. The minimum atomic E-state index is -0.368. The van der Waals surface area contributed by atoms with E-state index in [4.69, 9.17) is 23.2 Å². The highest BCUT2D eigenvalue weighted by atomic mass is 79.9. The largest absolute Gasteiger partial charge is 1.00 e. The van der Waals surface area contributed by atoms with Crippen molar-refractivity contribution < 1.29 is 53.1 Å². The van der Waals surface area contributed by atoms with Crippen molar-refractivity contribution in [3.8, 4) is 0 Å². The molecule has 0 aliphatic heterocycles.